The third-order valence-electron chi connectivity index (χ3n) is 7.15. The molecule has 1 saturated heterocycles. The molecule has 0 unspecified atom stereocenters. The number of fused-ring (bicyclic) bond motifs is 3. The second-order valence-corrected chi connectivity index (χ2v) is 11.9. The van der Waals surface area contributed by atoms with Crippen LogP contribution in [0.1, 0.15) is 55.0 Å². The van der Waals surface area contributed by atoms with Gasteiger partial charge in [-0.05, 0) is 91.8 Å². The Kier molecular flexibility index (Phi) is 7.27. The number of rotatable bonds is 6. The van der Waals surface area contributed by atoms with Gasteiger partial charge in [-0.25, -0.2) is 0 Å². The lowest BCUT2D eigenvalue weighted by atomic mass is 9.77. The van der Waals surface area contributed by atoms with Crippen LogP contribution in [0.4, 0.5) is 0 Å². The number of benzene rings is 3. The van der Waals surface area contributed by atoms with Crippen LogP contribution in [0.2, 0.25) is 0 Å². The summed E-state index contributed by atoms with van der Waals surface area (Å²) >= 11 is 6.99. The Morgan fingerprint density at radius 1 is 0.886 bits per heavy atom. The number of aliphatic hydroxyl groups is 1. The number of piperidine rings is 1. The molecular weight excluding hydrogens is 570 g/mol. The van der Waals surface area contributed by atoms with E-state index in [4.69, 9.17) is 9.47 Å². The van der Waals surface area contributed by atoms with Crippen LogP contribution >= 0.6 is 31.9 Å². The van der Waals surface area contributed by atoms with Crippen molar-refractivity contribution >= 4 is 31.9 Å². The zero-order valence-corrected chi connectivity index (χ0v) is 23.3. The molecule has 3 atom stereocenters. The first-order valence-corrected chi connectivity index (χ1v) is 13.8. The van der Waals surface area contributed by atoms with Crippen LogP contribution in [-0.2, 0) is 19.6 Å². The Labute approximate surface area is 224 Å². The van der Waals surface area contributed by atoms with Crippen molar-refractivity contribution in [1.82, 2.24) is 4.90 Å². The second-order valence-electron chi connectivity index (χ2n) is 10.1. The quantitative estimate of drug-likeness (QED) is 0.325. The average molecular weight is 601 g/mol. The van der Waals surface area contributed by atoms with Crippen LogP contribution in [0.5, 0.6) is 11.5 Å². The lowest BCUT2D eigenvalue weighted by Gasteiger charge is -2.49. The normalized spacial score (nSPS) is 23.9. The van der Waals surface area contributed by atoms with E-state index in [-0.39, 0.29) is 6.04 Å². The molecule has 5 rings (SSSR count). The highest BCUT2D eigenvalue weighted by Gasteiger charge is 2.42. The summed E-state index contributed by atoms with van der Waals surface area (Å²) in [6.07, 6.45) is 2.51. The Hall–Kier alpha value is -1.86. The van der Waals surface area contributed by atoms with E-state index in [1.807, 2.05) is 31.2 Å². The lowest BCUT2D eigenvalue weighted by Crippen LogP contribution is -2.52. The molecule has 4 nitrogen and oxygen atoms in total. The van der Waals surface area contributed by atoms with Gasteiger partial charge in [0.15, 0.2) is 11.5 Å². The topological polar surface area (TPSA) is 41.9 Å². The fourth-order valence-corrected chi connectivity index (χ4v) is 5.97. The number of hydrogen-bond acceptors (Lipinski definition) is 4. The molecule has 35 heavy (non-hydrogen) atoms. The minimum absolute atomic E-state index is 0.188. The first kappa shape index (κ1) is 24.8. The molecular formula is C29H31Br2NO3. The first-order chi connectivity index (χ1) is 16.8. The molecule has 6 heteroatoms. The van der Waals surface area contributed by atoms with Gasteiger partial charge < -0.3 is 14.6 Å². The van der Waals surface area contributed by atoms with Crippen LogP contribution < -0.4 is 9.47 Å². The highest BCUT2D eigenvalue weighted by molar-refractivity contribution is 9.10. The van der Waals surface area contributed by atoms with E-state index in [0.717, 1.165) is 57.4 Å². The fourth-order valence-electron chi connectivity index (χ4n) is 5.45. The Bertz CT molecular complexity index is 1180. The Morgan fingerprint density at radius 3 is 2.00 bits per heavy atom. The van der Waals surface area contributed by atoms with Crippen molar-refractivity contribution in [1.29, 1.82) is 0 Å². The molecule has 0 bridgehead atoms. The molecule has 0 radical (unpaired) electrons. The summed E-state index contributed by atoms with van der Waals surface area (Å²) in [5.41, 5.74) is 4.08. The van der Waals surface area contributed by atoms with Gasteiger partial charge in [-0.2, -0.15) is 0 Å². The van der Waals surface area contributed by atoms with Gasteiger partial charge in [-0.1, -0.05) is 56.1 Å². The summed E-state index contributed by atoms with van der Waals surface area (Å²) in [4.78, 5) is 2.54. The van der Waals surface area contributed by atoms with Gasteiger partial charge in [0.1, 0.15) is 13.2 Å². The van der Waals surface area contributed by atoms with Crippen molar-refractivity contribution in [2.75, 3.05) is 6.54 Å². The monoisotopic (exact) mass is 599 g/mol. The largest absolute Gasteiger partial charge is 0.485 e. The number of nitrogens with zero attached hydrogens (tertiary/aromatic N) is 1. The van der Waals surface area contributed by atoms with E-state index in [1.54, 1.807) is 0 Å². The highest BCUT2D eigenvalue weighted by Crippen LogP contribution is 2.46. The zero-order valence-electron chi connectivity index (χ0n) is 20.1. The number of hydrogen-bond donors (Lipinski definition) is 1. The molecule has 184 valence electrons. The van der Waals surface area contributed by atoms with Gasteiger partial charge in [0.25, 0.3) is 0 Å². The van der Waals surface area contributed by atoms with Gasteiger partial charge in [0, 0.05) is 27.6 Å². The number of halogens is 2. The van der Waals surface area contributed by atoms with Crippen molar-refractivity contribution in [3.63, 3.8) is 0 Å². The van der Waals surface area contributed by atoms with Crippen LogP contribution in [0.15, 0.2) is 69.6 Å². The maximum atomic E-state index is 10.9. The zero-order chi connectivity index (χ0) is 24.6. The number of ether oxygens (including phenoxy) is 2. The lowest BCUT2D eigenvalue weighted by molar-refractivity contribution is -0.0628. The maximum absolute atomic E-state index is 10.9. The third-order valence-corrected chi connectivity index (χ3v) is 8.21. The van der Waals surface area contributed by atoms with Crippen molar-refractivity contribution in [3.05, 3.63) is 91.9 Å². The van der Waals surface area contributed by atoms with Gasteiger partial charge in [0.2, 0.25) is 0 Å². The van der Waals surface area contributed by atoms with Crippen LogP contribution in [0.25, 0.3) is 0 Å². The SMILES string of the molecule is C[C@@H]1C[C@@](C)(O)C[C@H]2c3cc(OCc4ccc(Br)cc4)c(OCc4ccc(Br)cc4)cc3CCN12. The highest BCUT2D eigenvalue weighted by atomic mass is 79.9. The van der Waals surface area contributed by atoms with Gasteiger partial charge in [-0.15, -0.1) is 0 Å². The third kappa shape index (κ3) is 5.77. The predicted octanol–water partition coefficient (Wildman–Crippen LogP) is 7.20. The smallest absolute Gasteiger partial charge is 0.162 e. The van der Waals surface area contributed by atoms with Gasteiger partial charge in [0.05, 0.1) is 5.60 Å². The molecule has 0 aromatic heterocycles. The van der Waals surface area contributed by atoms with Crippen LogP contribution in [0, 0.1) is 0 Å². The van der Waals surface area contributed by atoms with E-state index in [2.05, 4.69) is 80.1 Å². The molecule has 0 aliphatic carbocycles. The Morgan fingerprint density at radius 2 is 1.43 bits per heavy atom. The molecule has 1 fully saturated rings. The maximum Gasteiger partial charge on any atom is 0.162 e. The molecule has 0 saturated carbocycles. The second kappa shape index (κ2) is 10.3. The molecule has 3 aromatic rings. The van der Waals surface area contributed by atoms with Crippen molar-refractivity contribution in [3.8, 4) is 11.5 Å². The van der Waals surface area contributed by atoms with E-state index in [9.17, 15) is 5.11 Å². The summed E-state index contributed by atoms with van der Waals surface area (Å²) in [5.74, 6) is 1.52. The van der Waals surface area contributed by atoms with Crippen LogP contribution in [0.3, 0.4) is 0 Å². The summed E-state index contributed by atoms with van der Waals surface area (Å²) in [6, 6.07) is 21.2. The van der Waals surface area contributed by atoms with Gasteiger partial charge in [-0.3, -0.25) is 4.90 Å². The molecule has 3 aromatic carbocycles. The van der Waals surface area contributed by atoms with E-state index < -0.39 is 5.60 Å². The van der Waals surface area contributed by atoms with Crippen molar-refractivity contribution < 1.29 is 14.6 Å². The molecule has 0 spiro atoms. The Balaban J connectivity index is 1.45. The van der Waals surface area contributed by atoms with Crippen molar-refractivity contribution in [2.45, 2.75) is 64.0 Å². The van der Waals surface area contributed by atoms with E-state index in [1.165, 1.54) is 11.1 Å². The minimum atomic E-state index is -0.662. The molecule has 2 aliphatic heterocycles. The van der Waals surface area contributed by atoms with Gasteiger partial charge >= 0.3 is 0 Å². The standard InChI is InChI=1S/C29H31Br2NO3/c1-19-15-29(2,33)16-26-25-14-28(35-18-21-5-9-24(31)10-6-21)27(13-22(25)11-12-32(19)26)34-17-20-3-7-23(30)8-4-20/h3-10,13-14,19,26,33H,11-12,15-18H2,1-2H3/t19-,26+,29-/m1/s1. The molecule has 1 N–H and O–H groups in total. The average Bonchev–Trinajstić information content (AvgIpc) is 2.82. The predicted molar refractivity (Wildman–Crippen MR) is 146 cm³/mol. The molecule has 2 aliphatic rings. The van der Waals surface area contributed by atoms with E-state index >= 15 is 0 Å². The summed E-state index contributed by atoms with van der Waals surface area (Å²) in [6.45, 7) is 6.13. The molecule has 2 heterocycles. The van der Waals surface area contributed by atoms with E-state index in [0.29, 0.717) is 19.3 Å². The van der Waals surface area contributed by atoms with Crippen molar-refractivity contribution in [2.24, 2.45) is 0 Å². The summed E-state index contributed by atoms with van der Waals surface area (Å²) in [5, 5.41) is 10.9. The minimum Gasteiger partial charge on any atom is -0.485 e. The summed E-state index contributed by atoms with van der Waals surface area (Å²) < 4.78 is 14.8. The van der Waals surface area contributed by atoms with Crippen LogP contribution in [-0.4, -0.2) is 28.2 Å². The summed E-state index contributed by atoms with van der Waals surface area (Å²) in [7, 11) is 0. The fraction of sp³-hybridized carbons (Fsp3) is 0.379. The first-order valence-electron chi connectivity index (χ1n) is 12.2. The molecule has 0 amide bonds.